The molecule has 0 saturated carbocycles. The lowest BCUT2D eigenvalue weighted by Gasteiger charge is -2.29. The van der Waals surface area contributed by atoms with Gasteiger partial charge in [0.25, 0.3) is 0 Å². The summed E-state index contributed by atoms with van der Waals surface area (Å²) in [4.78, 5) is 0. The lowest BCUT2D eigenvalue weighted by molar-refractivity contribution is 0.0384. The highest BCUT2D eigenvalue weighted by Crippen LogP contribution is 2.22. The van der Waals surface area contributed by atoms with E-state index in [4.69, 9.17) is 4.74 Å². The number of aromatic nitrogens is 2. The van der Waals surface area contributed by atoms with E-state index in [1.807, 2.05) is 6.92 Å². The number of rotatable bonds is 4. The first-order chi connectivity index (χ1) is 8.63. The summed E-state index contributed by atoms with van der Waals surface area (Å²) >= 11 is 3.63. The summed E-state index contributed by atoms with van der Waals surface area (Å²) in [7, 11) is 0. The topological polar surface area (TPSA) is 39.1 Å². The minimum absolute atomic E-state index is 0.547. The number of aryl methyl sites for hydroxylation is 2. The van der Waals surface area contributed by atoms with Gasteiger partial charge in [0.15, 0.2) is 0 Å². The summed E-state index contributed by atoms with van der Waals surface area (Å²) in [6.07, 6.45) is 1.10. The molecule has 0 amide bonds. The number of nitrogens with zero attached hydrogens (tertiary/aromatic N) is 2. The van der Waals surface area contributed by atoms with Crippen LogP contribution in [0.4, 0.5) is 0 Å². The molecule has 0 spiro atoms. The van der Waals surface area contributed by atoms with Gasteiger partial charge in [-0.3, -0.25) is 4.68 Å². The molecule has 5 heteroatoms. The zero-order valence-corrected chi connectivity index (χ0v) is 13.0. The van der Waals surface area contributed by atoms with Gasteiger partial charge in [-0.1, -0.05) is 6.92 Å². The van der Waals surface area contributed by atoms with E-state index in [0.717, 1.165) is 42.9 Å². The number of hydrogen-bond acceptors (Lipinski definition) is 3. The first kappa shape index (κ1) is 14.0. The molecule has 0 aromatic carbocycles. The highest BCUT2D eigenvalue weighted by atomic mass is 79.9. The maximum absolute atomic E-state index is 5.47. The number of hydrogen-bond donors (Lipinski definition) is 1. The van der Waals surface area contributed by atoms with E-state index in [9.17, 15) is 0 Å². The molecule has 0 aliphatic carbocycles. The van der Waals surface area contributed by atoms with E-state index in [-0.39, 0.29) is 0 Å². The van der Waals surface area contributed by atoms with Gasteiger partial charge in [-0.2, -0.15) is 5.10 Å². The highest BCUT2D eigenvalue weighted by molar-refractivity contribution is 9.10. The molecule has 1 saturated heterocycles. The van der Waals surface area contributed by atoms with Gasteiger partial charge in [0.05, 0.1) is 22.5 Å². The Bertz CT molecular complexity index is 405. The van der Waals surface area contributed by atoms with Gasteiger partial charge < -0.3 is 10.1 Å². The third-order valence-corrected chi connectivity index (χ3v) is 4.66. The molecule has 18 heavy (non-hydrogen) atoms. The molecule has 1 aliphatic rings. The molecular formula is C13H22BrN3O. The summed E-state index contributed by atoms with van der Waals surface area (Å²) in [5, 5.41) is 8.16. The second-order valence-corrected chi connectivity index (χ2v) is 5.78. The summed E-state index contributed by atoms with van der Waals surface area (Å²) in [5.41, 5.74) is 2.31. The smallest absolute Gasteiger partial charge is 0.0739 e. The predicted octanol–water partition coefficient (Wildman–Crippen LogP) is 2.49. The number of halogens is 1. The molecule has 2 rings (SSSR count). The summed E-state index contributed by atoms with van der Waals surface area (Å²) in [6, 6.07) is 0.547. The summed E-state index contributed by atoms with van der Waals surface area (Å²) < 4.78 is 8.67. The Morgan fingerprint density at radius 2 is 2.33 bits per heavy atom. The van der Waals surface area contributed by atoms with Crippen LogP contribution in [0.2, 0.25) is 0 Å². The van der Waals surface area contributed by atoms with Crippen LogP contribution in [0.3, 0.4) is 0 Å². The zero-order chi connectivity index (χ0) is 13.1. The molecule has 102 valence electrons. The van der Waals surface area contributed by atoms with Crippen molar-refractivity contribution in [2.75, 3.05) is 13.2 Å². The molecule has 0 bridgehead atoms. The lowest BCUT2D eigenvalue weighted by Crippen LogP contribution is -2.41. The van der Waals surface area contributed by atoms with Gasteiger partial charge in [-0.25, -0.2) is 0 Å². The first-order valence-corrected chi connectivity index (χ1v) is 7.45. The van der Waals surface area contributed by atoms with Gasteiger partial charge in [-0.15, -0.1) is 0 Å². The fourth-order valence-electron chi connectivity index (χ4n) is 2.45. The second-order valence-electron chi connectivity index (χ2n) is 4.99. The van der Waals surface area contributed by atoms with Crippen LogP contribution in [0.15, 0.2) is 4.47 Å². The Morgan fingerprint density at radius 3 is 3.00 bits per heavy atom. The van der Waals surface area contributed by atoms with Crippen molar-refractivity contribution in [3.63, 3.8) is 0 Å². The minimum atomic E-state index is 0.547. The van der Waals surface area contributed by atoms with Crippen LogP contribution < -0.4 is 5.32 Å². The van der Waals surface area contributed by atoms with Crippen LogP contribution in [0.1, 0.15) is 31.7 Å². The van der Waals surface area contributed by atoms with Crippen LogP contribution >= 0.6 is 15.9 Å². The second kappa shape index (κ2) is 6.17. The average molecular weight is 316 g/mol. The molecule has 2 unspecified atom stereocenters. The molecule has 1 aliphatic heterocycles. The zero-order valence-electron chi connectivity index (χ0n) is 11.4. The molecule has 1 aromatic rings. The number of ether oxygens (including phenoxy) is 1. The Hall–Kier alpha value is -0.390. The first-order valence-electron chi connectivity index (χ1n) is 6.66. The SMILES string of the molecule is CCn1nc(C)c(Br)c1CNC1CCOCC1C. The van der Waals surface area contributed by atoms with Crippen molar-refractivity contribution in [3.05, 3.63) is 15.9 Å². The summed E-state index contributed by atoms with van der Waals surface area (Å²) in [5.74, 6) is 0.580. The molecular weight excluding hydrogens is 294 g/mol. The van der Waals surface area contributed by atoms with E-state index in [2.05, 4.69) is 44.9 Å². The maximum atomic E-state index is 5.47. The molecule has 1 aromatic heterocycles. The van der Waals surface area contributed by atoms with Gasteiger partial charge in [0.1, 0.15) is 0 Å². The van der Waals surface area contributed by atoms with Gasteiger partial charge in [0, 0.05) is 25.7 Å². The highest BCUT2D eigenvalue weighted by Gasteiger charge is 2.22. The van der Waals surface area contributed by atoms with E-state index in [1.165, 1.54) is 5.69 Å². The van der Waals surface area contributed by atoms with E-state index in [0.29, 0.717) is 12.0 Å². The molecule has 2 atom stereocenters. The molecule has 2 heterocycles. The predicted molar refractivity (Wildman–Crippen MR) is 75.6 cm³/mol. The van der Waals surface area contributed by atoms with Crippen LogP contribution in [-0.2, 0) is 17.8 Å². The Morgan fingerprint density at radius 1 is 1.56 bits per heavy atom. The quantitative estimate of drug-likeness (QED) is 0.927. The van der Waals surface area contributed by atoms with Gasteiger partial charge >= 0.3 is 0 Å². The summed E-state index contributed by atoms with van der Waals surface area (Å²) in [6.45, 7) is 9.92. The standard InChI is InChI=1S/C13H22BrN3O/c1-4-17-12(13(14)10(3)16-17)7-15-11-5-6-18-8-9(11)2/h9,11,15H,4-8H2,1-3H3. The van der Waals surface area contributed by atoms with E-state index in [1.54, 1.807) is 0 Å². The van der Waals surface area contributed by atoms with Crippen molar-refractivity contribution in [1.82, 2.24) is 15.1 Å². The third-order valence-electron chi connectivity index (χ3n) is 3.63. The van der Waals surface area contributed by atoms with E-state index < -0.39 is 0 Å². The van der Waals surface area contributed by atoms with Gasteiger partial charge in [-0.05, 0) is 42.1 Å². The molecule has 4 nitrogen and oxygen atoms in total. The Balaban J connectivity index is 2.01. The maximum Gasteiger partial charge on any atom is 0.0739 e. The minimum Gasteiger partial charge on any atom is -0.381 e. The molecule has 1 fully saturated rings. The lowest BCUT2D eigenvalue weighted by atomic mass is 9.98. The average Bonchev–Trinajstić information content (AvgIpc) is 2.65. The van der Waals surface area contributed by atoms with Crippen molar-refractivity contribution in [3.8, 4) is 0 Å². The van der Waals surface area contributed by atoms with Crippen LogP contribution in [-0.4, -0.2) is 29.0 Å². The van der Waals surface area contributed by atoms with Crippen LogP contribution in [0.25, 0.3) is 0 Å². The largest absolute Gasteiger partial charge is 0.381 e. The Kier molecular flexibility index (Phi) is 4.81. The van der Waals surface area contributed by atoms with Crippen LogP contribution in [0, 0.1) is 12.8 Å². The fourth-order valence-corrected chi connectivity index (χ4v) is 2.87. The number of nitrogens with one attached hydrogen (secondary N) is 1. The van der Waals surface area contributed by atoms with Crippen molar-refractivity contribution >= 4 is 15.9 Å². The Labute approximate surface area is 117 Å². The molecule has 1 N–H and O–H groups in total. The van der Waals surface area contributed by atoms with Gasteiger partial charge in [0.2, 0.25) is 0 Å². The van der Waals surface area contributed by atoms with Crippen molar-refractivity contribution in [2.24, 2.45) is 5.92 Å². The van der Waals surface area contributed by atoms with Crippen molar-refractivity contribution in [2.45, 2.75) is 46.3 Å². The molecule has 0 radical (unpaired) electrons. The van der Waals surface area contributed by atoms with Crippen molar-refractivity contribution < 1.29 is 4.74 Å². The third kappa shape index (κ3) is 2.95. The normalized spacial score (nSPS) is 24.4. The monoisotopic (exact) mass is 315 g/mol. The van der Waals surface area contributed by atoms with E-state index >= 15 is 0 Å². The van der Waals surface area contributed by atoms with Crippen LogP contribution in [0.5, 0.6) is 0 Å². The fraction of sp³-hybridized carbons (Fsp3) is 0.769. The van der Waals surface area contributed by atoms with Crippen molar-refractivity contribution in [1.29, 1.82) is 0 Å².